The molecule has 1 fully saturated rings. The molecule has 1 N–H and O–H groups in total. The maximum atomic E-state index is 3.49. The van der Waals surface area contributed by atoms with Gasteiger partial charge in [-0.2, -0.15) is 0 Å². The first-order valence-corrected chi connectivity index (χ1v) is 5.76. The predicted molar refractivity (Wildman–Crippen MR) is 58.8 cm³/mol. The predicted octanol–water partition coefficient (Wildman–Crippen LogP) is 3.06. The van der Waals surface area contributed by atoms with Crippen LogP contribution in [0.3, 0.4) is 0 Å². The third kappa shape index (κ3) is 2.70. The van der Waals surface area contributed by atoms with Gasteiger partial charge in [-0.25, -0.2) is 0 Å². The average Bonchev–Trinajstić information content (AvgIpc) is 2.31. The van der Waals surface area contributed by atoms with E-state index < -0.39 is 0 Å². The Hall–Kier alpha value is -0.0400. The van der Waals surface area contributed by atoms with Crippen molar-refractivity contribution in [2.24, 2.45) is 17.3 Å². The van der Waals surface area contributed by atoms with Crippen molar-refractivity contribution in [2.75, 3.05) is 13.1 Å². The van der Waals surface area contributed by atoms with E-state index in [9.17, 15) is 0 Å². The molecule has 0 spiro atoms. The molecule has 13 heavy (non-hydrogen) atoms. The van der Waals surface area contributed by atoms with Crippen LogP contribution in [0.25, 0.3) is 0 Å². The Kier molecular flexibility index (Phi) is 3.78. The van der Waals surface area contributed by atoms with E-state index in [-0.39, 0.29) is 0 Å². The highest BCUT2D eigenvalue weighted by Crippen LogP contribution is 2.39. The van der Waals surface area contributed by atoms with Gasteiger partial charge >= 0.3 is 0 Å². The largest absolute Gasteiger partial charge is 0.317 e. The Balaban J connectivity index is 2.57. The molecule has 0 aromatic heterocycles. The molecule has 0 amide bonds. The van der Waals surface area contributed by atoms with Gasteiger partial charge in [-0.15, -0.1) is 0 Å². The molecule has 1 aliphatic rings. The smallest absolute Gasteiger partial charge is 0.00461 e. The third-order valence-corrected chi connectivity index (χ3v) is 4.12. The molecule has 1 unspecified atom stereocenters. The van der Waals surface area contributed by atoms with Crippen LogP contribution in [-0.2, 0) is 0 Å². The first kappa shape index (κ1) is 11.0. The fourth-order valence-corrected chi connectivity index (χ4v) is 2.23. The first-order chi connectivity index (χ1) is 6.05. The minimum atomic E-state index is 0.520. The lowest BCUT2D eigenvalue weighted by Gasteiger charge is -2.37. The number of hydrogen-bond donors (Lipinski definition) is 1. The Labute approximate surface area is 83.3 Å². The maximum Gasteiger partial charge on any atom is -0.00461 e. The zero-order valence-electron chi connectivity index (χ0n) is 9.69. The second-order valence-corrected chi connectivity index (χ2v) is 5.35. The lowest BCUT2D eigenvalue weighted by Crippen LogP contribution is -2.30. The van der Waals surface area contributed by atoms with E-state index in [1.54, 1.807) is 0 Å². The summed E-state index contributed by atoms with van der Waals surface area (Å²) in [5.41, 5.74) is 0.520. The minimum Gasteiger partial charge on any atom is -0.317 e. The van der Waals surface area contributed by atoms with E-state index >= 15 is 0 Å². The minimum absolute atomic E-state index is 0.520. The van der Waals surface area contributed by atoms with Crippen molar-refractivity contribution in [3.63, 3.8) is 0 Å². The number of nitrogens with one attached hydrogen (secondary N) is 1. The van der Waals surface area contributed by atoms with Crippen LogP contribution in [0.1, 0.15) is 47.0 Å². The fourth-order valence-electron chi connectivity index (χ4n) is 2.23. The van der Waals surface area contributed by atoms with E-state index in [0.717, 1.165) is 11.8 Å². The number of hydrogen-bond acceptors (Lipinski definition) is 1. The van der Waals surface area contributed by atoms with Crippen molar-refractivity contribution in [2.45, 2.75) is 47.0 Å². The highest BCUT2D eigenvalue weighted by Gasteiger charge is 2.32. The Morgan fingerprint density at radius 3 is 2.46 bits per heavy atom. The van der Waals surface area contributed by atoms with E-state index in [4.69, 9.17) is 0 Å². The quantitative estimate of drug-likeness (QED) is 0.694. The van der Waals surface area contributed by atoms with E-state index in [1.807, 2.05) is 0 Å². The SMILES string of the molecule is CC(C)C(C)(C)C1CCCNCC1. The van der Waals surface area contributed by atoms with Gasteiger partial charge in [0.25, 0.3) is 0 Å². The molecule has 0 aromatic carbocycles. The highest BCUT2D eigenvalue weighted by molar-refractivity contribution is 4.83. The zero-order chi connectivity index (χ0) is 9.90. The van der Waals surface area contributed by atoms with Crippen molar-refractivity contribution >= 4 is 0 Å². The molecular formula is C12H25N. The van der Waals surface area contributed by atoms with E-state index in [2.05, 4.69) is 33.0 Å². The molecule has 1 atom stereocenters. The number of rotatable bonds is 2. The molecule has 1 saturated heterocycles. The van der Waals surface area contributed by atoms with Crippen LogP contribution >= 0.6 is 0 Å². The van der Waals surface area contributed by atoms with Crippen molar-refractivity contribution in [3.05, 3.63) is 0 Å². The summed E-state index contributed by atoms with van der Waals surface area (Å²) in [7, 11) is 0. The van der Waals surface area contributed by atoms with Crippen LogP contribution in [0, 0.1) is 17.3 Å². The molecule has 1 heteroatoms. The first-order valence-electron chi connectivity index (χ1n) is 5.76. The molecule has 0 radical (unpaired) electrons. The van der Waals surface area contributed by atoms with Crippen LogP contribution in [0.4, 0.5) is 0 Å². The standard InChI is InChI=1S/C12H25N/c1-10(2)12(3,4)11-6-5-8-13-9-7-11/h10-11,13H,5-9H2,1-4H3. The molecule has 1 rings (SSSR count). The Morgan fingerprint density at radius 1 is 1.15 bits per heavy atom. The second kappa shape index (κ2) is 4.45. The summed E-state index contributed by atoms with van der Waals surface area (Å²) in [6.45, 7) is 12.0. The summed E-state index contributed by atoms with van der Waals surface area (Å²) in [6.07, 6.45) is 4.14. The van der Waals surface area contributed by atoms with Gasteiger partial charge < -0.3 is 5.32 Å². The Bertz CT molecular complexity index is 141. The van der Waals surface area contributed by atoms with Gasteiger partial charge in [0.1, 0.15) is 0 Å². The normalized spacial score (nSPS) is 26.1. The van der Waals surface area contributed by atoms with E-state index in [1.165, 1.54) is 32.4 Å². The zero-order valence-corrected chi connectivity index (χ0v) is 9.69. The third-order valence-electron chi connectivity index (χ3n) is 4.12. The molecule has 78 valence electrons. The maximum absolute atomic E-state index is 3.49. The van der Waals surface area contributed by atoms with Crippen molar-refractivity contribution in [1.82, 2.24) is 5.32 Å². The summed E-state index contributed by atoms with van der Waals surface area (Å²) in [5.74, 6) is 1.72. The molecule has 0 bridgehead atoms. The molecule has 0 aromatic rings. The summed E-state index contributed by atoms with van der Waals surface area (Å²) >= 11 is 0. The summed E-state index contributed by atoms with van der Waals surface area (Å²) in [6, 6.07) is 0. The molecule has 1 heterocycles. The van der Waals surface area contributed by atoms with Crippen LogP contribution in [-0.4, -0.2) is 13.1 Å². The molecule has 1 nitrogen and oxygen atoms in total. The Morgan fingerprint density at radius 2 is 1.85 bits per heavy atom. The topological polar surface area (TPSA) is 12.0 Å². The van der Waals surface area contributed by atoms with E-state index in [0.29, 0.717) is 5.41 Å². The van der Waals surface area contributed by atoms with Crippen LogP contribution in [0.2, 0.25) is 0 Å². The average molecular weight is 183 g/mol. The van der Waals surface area contributed by atoms with Gasteiger partial charge in [-0.05, 0) is 49.6 Å². The lowest BCUT2D eigenvalue weighted by atomic mass is 9.68. The second-order valence-electron chi connectivity index (χ2n) is 5.35. The molecule has 0 aliphatic carbocycles. The molecular weight excluding hydrogens is 158 g/mol. The summed E-state index contributed by atoms with van der Waals surface area (Å²) in [5, 5.41) is 3.49. The van der Waals surface area contributed by atoms with Crippen LogP contribution < -0.4 is 5.32 Å². The van der Waals surface area contributed by atoms with Gasteiger partial charge in [0.05, 0.1) is 0 Å². The van der Waals surface area contributed by atoms with Gasteiger partial charge in [0.15, 0.2) is 0 Å². The van der Waals surface area contributed by atoms with Crippen molar-refractivity contribution in [1.29, 1.82) is 0 Å². The molecule has 0 saturated carbocycles. The van der Waals surface area contributed by atoms with Gasteiger partial charge in [0, 0.05) is 0 Å². The lowest BCUT2D eigenvalue weighted by molar-refractivity contribution is 0.125. The van der Waals surface area contributed by atoms with Gasteiger partial charge in [-0.3, -0.25) is 0 Å². The monoisotopic (exact) mass is 183 g/mol. The van der Waals surface area contributed by atoms with Gasteiger partial charge in [-0.1, -0.05) is 27.7 Å². The summed E-state index contributed by atoms with van der Waals surface area (Å²) < 4.78 is 0. The van der Waals surface area contributed by atoms with Gasteiger partial charge in [0.2, 0.25) is 0 Å². The molecule has 1 aliphatic heterocycles. The fraction of sp³-hybridized carbons (Fsp3) is 1.00. The van der Waals surface area contributed by atoms with Crippen LogP contribution in [0.5, 0.6) is 0 Å². The van der Waals surface area contributed by atoms with Crippen molar-refractivity contribution < 1.29 is 0 Å². The highest BCUT2D eigenvalue weighted by atomic mass is 14.9. The van der Waals surface area contributed by atoms with Crippen molar-refractivity contribution in [3.8, 4) is 0 Å². The van der Waals surface area contributed by atoms with Crippen LogP contribution in [0.15, 0.2) is 0 Å². The summed E-state index contributed by atoms with van der Waals surface area (Å²) in [4.78, 5) is 0.